The molecule has 19 heavy (non-hydrogen) atoms. The van der Waals surface area contributed by atoms with Crippen LogP contribution in [0.25, 0.3) is 0 Å². The highest BCUT2D eigenvalue weighted by Gasteiger charge is 2.19. The van der Waals surface area contributed by atoms with Crippen LogP contribution < -0.4 is 10.6 Å². The molecule has 1 aromatic carbocycles. The van der Waals surface area contributed by atoms with Gasteiger partial charge in [0.25, 0.3) is 0 Å². The van der Waals surface area contributed by atoms with Crippen LogP contribution in [0.5, 0.6) is 0 Å². The highest BCUT2D eigenvalue weighted by Crippen LogP contribution is 2.31. The molecule has 0 bridgehead atoms. The summed E-state index contributed by atoms with van der Waals surface area (Å²) in [6.45, 7) is -0.763. The standard InChI is InChI=1S/C10H9BrClFN2O4/c11-5-1-4(13)2-6(12)8(5)15-10(19)14-7(3-16)9(17)18/h1-2,7,16H,3H2,(H,17,18)(H2,14,15,19)/t7-/m1/s1. The number of aliphatic hydroxyl groups is 1. The highest BCUT2D eigenvalue weighted by atomic mass is 79.9. The molecule has 4 N–H and O–H groups in total. The van der Waals surface area contributed by atoms with Crippen LogP contribution in [-0.2, 0) is 4.79 Å². The minimum atomic E-state index is -1.45. The molecule has 9 heteroatoms. The first-order chi connectivity index (χ1) is 8.85. The second-order valence-corrected chi connectivity index (χ2v) is 4.68. The normalized spacial score (nSPS) is 11.8. The molecule has 1 rings (SSSR count). The number of carbonyl (C=O) groups is 2. The van der Waals surface area contributed by atoms with Crippen LogP contribution in [0.2, 0.25) is 5.02 Å². The summed E-state index contributed by atoms with van der Waals surface area (Å²) in [4.78, 5) is 22.1. The van der Waals surface area contributed by atoms with Crippen LogP contribution in [0.4, 0.5) is 14.9 Å². The number of hydrogen-bond donors (Lipinski definition) is 4. The van der Waals surface area contributed by atoms with Gasteiger partial charge < -0.3 is 20.8 Å². The number of benzene rings is 1. The summed E-state index contributed by atoms with van der Waals surface area (Å²) in [6.07, 6.45) is 0. The molecule has 0 aliphatic heterocycles. The Labute approximate surface area is 120 Å². The van der Waals surface area contributed by atoms with Gasteiger partial charge in [-0.2, -0.15) is 0 Å². The molecule has 0 aliphatic carbocycles. The third-order valence-corrected chi connectivity index (χ3v) is 2.95. The molecule has 0 spiro atoms. The van der Waals surface area contributed by atoms with Gasteiger partial charge in [-0.25, -0.2) is 14.0 Å². The van der Waals surface area contributed by atoms with Gasteiger partial charge in [-0.3, -0.25) is 0 Å². The van der Waals surface area contributed by atoms with Crippen molar-refractivity contribution in [1.29, 1.82) is 0 Å². The van der Waals surface area contributed by atoms with Crippen molar-refractivity contribution in [3.63, 3.8) is 0 Å². The number of amides is 2. The maximum atomic E-state index is 13.0. The van der Waals surface area contributed by atoms with Crippen molar-refractivity contribution in [1.82, 2.24) is 5.32 Å². The van der Waals surface area contributed by atoms with Gasteiger partial charge in [-0.1, -0.05) is 11.6 Å². The van der Waals surface area contributed by atoms with Gasteiger partial charge in [0.2, 0.25) is 0 Å². The molecule has 0 radical (unpaired) electrons. The Morgan fingerprint density at radius 3 is 2.58 bits per heavy atom. The number of halogens is 3. The summed E-state index contributed by atoms with van der Waals surface area (Å²) >= 11 is 8.74. The number of aliphatic carboxylic acids is 1. The average molecular weight is 356 g/mol. The van der Waals surface area contributed by atoms with Gasteiger partial charge in [0.05, 0.1) is 17.3 Å². The molecule has 104 valence electrons. The molecular formula is C10H9BrClFN2O4. The number of urea groups is 1. The second kappa shape index (κ2) is 6.69. The predicted molar refractivity (Wildman–Crippen MR) is 69.8 cm³/mol. The lowest BCUT2D eigenvalue weighted by Gasteiger charge is -2.14. The topological polar surface area (TPSA) is 98.7 Å². The average Bonchev–Trinajstić information content (AvgIpc) is 2.30. The summed E-state index contributed by atoms with van der Waals surface area (Å²) in [5, 5.41) is 21.6. The number of anilines is 1. The maximum Gasteiger partial charge on any atom is 0.328 e. The SMILES string of the molecule is O=C(Nc1c(Cl)cc(F)cc1Br)N[C@H](CO)C(=O)O. The first-order valence-electron chi connectivity index (χ1n) is 4.91. The van der Waals surface area contributed by atoms with E-state index >= 15 is 0 Å². The zero-order valence-corrected chi connectivity index (χ0v) is 11.6. The number of carboxylic acid groups (broad SMARTS) is 1. The fraction of sp³-hybridized carbons (Fsp3) is 0.200. The minimum Gasteiger partial charge on any atom is -0.480 e. The van der Waals surface area contributed by atoms with E-state index < -0.39 is 30.5 Å². The van der Waals surface area contributed by atoms with E-state index in [1.165, 1.54) is 0 Å². The highest BCUT2D eigenvalue weighted by molar-refractivity contribution is 9.10. The number of carboxylic acids is 1. The Morgan fingerprint density at radius 2 is 2.11 bits per heavy atom. The predicted octanol–water partition coefficient (Wildman–Crippen LogP) is 1.81. The van der Waals surface area contributed by atoms with Crippen LogP contribution >= 0.6 is 27.5 Å². The second-order valence-electron chi connectivity index (χ2n) is 3.42. The molecule has 0 heterocycles. The fourth-order valence-electron chi connectivity index (χ4n) is 1.15. The minimum absolute atomic E-state index is 0.0575. The summed E-state index contributed by atoms with van der Waals surface area (Å²) in [6, 6.07) is -0.265. The Kier molecular flexibility index (Phi) is 5.52. The summed E-state index contributed by atoms with van der Waals surface area (Å²) < 4.78 is 13.2. The Bertz CT molecular complexity index is 491. The number of nitrogens with one attached hydrogen (secondary N) is 2. The number of rotatable bonds is 4. The molecule has 1 atom stereocenters. The third kappa shape index (κ3) is 4.34. The lowest BCUT2D eigenvalue weighted by atomic mass is 10.3. The molecule has 0 aromatic heterocycles. The van der Waals surface area contributed by atoms with Crippen molar-refractivity contribution >= 4 is 45.2 Å². The van der Waals surface area contributed by atoms with Crippen molar-refractivity contribution in [3.8, 4) is 0 Å². The van der Waals surface area contributed by atoms with E-state index in [0.29, 0.717) is 0 Å². The molecular weight excluding hydrogens is 346 g/mol. The van der Waals surface area contributed by atoms with E-state index in [1.807, 2.05) is 5.32 Å². The number of aliphatic hydroxyl groups excluding tert-OH is 1. The first kappa shape index (κ1) is 15.7. The van der Waals surface area contributed by atoms with Gasteiger partial charge in [-0.15, -0.1) is 0 Å². The van der Waals surface area contributed by atoms with Gasteiger partial charge in [-0.05, 0) is 28.1 Å². The summed E-state index contributed by atoms with van der Waals surface area (Å²) in [5.74, 6) is -1.98. The Balaban J connectivity index is 2.80. The molecule has 2 amide bonds. The van der Waals surface area contributed by atoms with Gasteiger partial charge >= 0.3 is 12.0 Å². The first-order valence-corrected chi connectivity index (χ1v) is 6.08. The van der Waals surface area contributed by atoms with E-state index in [2.05, 4.69) is 21.2 Å². The van der Waals surface area contributed by atoms with Crippen LogP contribution in [-0.4, -0.2) is 34.9 Å². The van der Waals surface area contributed by atoms with Gasteiger partial charge in [0, 0.05) is 4.47 Å². The zero-order chi connectivity index (χ0) is 14.6. The van der Waals surface area contributed by atoms with Crippen molar-refractivity contribution < 1.29 is 24.2 Å². The fourth-order valence-corrected chi connectivity index (χ4v) is 2.05. The van der Waals surface area contributed by atoms with Crippen molar-refractivity contribution in [2.24, 2.45) is 0 Å². The lowest BCUT2D eigenvalue weighted by molar-refractivity contribution is -0.140. The zero-order valence-electron chi connectivity index (χ0n) is 9.28. The molecule has 0 saturated carbocycles. The molecule has 0 unspecified atom stereocenters. The van der Waals surface area contributed by atoms with Crippen LogP contribution in [0.3, 0.4) is 0 Å². The molecule has 0 aliphatic rings. The van der Waals surface area contributed by atoms with E-state index in [9.17, 15) is 14.0 Å². The Morgan fingerprint density at radius 1 is 1.47 bits per heavy atom. The van der Waals surface area contributed by atoms with Crippen LogP contribution in [0.15, 0.2) is 16.6 Å². The molecule has 6 nitrogen and oxygen atoms in total. The third-order valence-electron chi connectivity index (χ3n) is 2.03. The van der Waals surface area contributed by atoms with E-state index in [1.54, 1.807) is 0 Å². The quantitative estimate of drug-likeness (QED) is 0.662. The Hall–Kier alpha value is -1.38. The largest absolute Gasteiger partial charge is 0.480 e. The van der Waals surface area contributed by atoms with Crippen molar-refractivity contribution in [3.05, 3.63) is 27.4 Å². The molecule has 0 saturated heterocycles. The number of hydrogen-bond acceptors (Lipinski definition) is 3. The smallest absolute Gasteiger partial charge is 0.328 e. The maximum absolute atomic E-state index is 13.0. The summed E-state index contributed by atoms with van der Waals surface area (Å²) in [5.41, 5.74) is 0.0858. The van der Waals surface area contributed by atoms with Crippen molar-refractivity contribution in [2.75, 3.05) is 11.9 Å². The van der Waals surface area contributed by atoms with E-state index in [4.69, 9.17) is 21.8 Å². The molecule has 0 fully saturated rings. The van der Waals surface area contributed by atoms with Gasteiger partial charge in [0.1, 0.15) is 5.82 Å². The monoisotopic (exact) mass is 354 g/mol. The van der Waals surface area contributed by atoms with E-state index in [0.717, 1.165) is 12.1 Å². The van der Waals surface area contributed by atoms with E-state index in [-0.39, 0.29) is 15.2 Å². The van der Waals surface area contributed by atoms with Gasteiger partial charge in [0.15, 0.2) is 6.04 Å². The molecule has 1 aromatic rings. The van der Waals surface area contributed by atoms with Crippen LogP contribution in [0, 0.1) is 5.82 Å². The van der Waals surface area contributed by atoms with Crippen LogP contribution in [0.1, 0.15) is 0 Å². The van der Waals surface area contributed by atoms with Crippen molar-refractivity contribution in [2.45, 2.75) is 6.04 Å². The summed E-state index contributed by atoms with van der Waals surface area (Å²) in [7, 11) is 0. The lowest BCUT2D eigenvalue weighted by Crippen LogP contribution is -2.45. The number of carbonyl (C=O) groups excluding carboxylic acids is 1.